The summed E-state index contributed by atoms with van der Waals surface area (Å²) >= 11 is 0. The van der Waals surface area contributed by atoms with Gasteiger partial charge in [-0.3, -0.25) is 0 Å². The molecule has 0 amide bonds. The molecule has 0 radical (unpaired) electrons. The summed E-state index contributed by atoms with van der Waals surface area (Å²) in [6, 6.07) is 0. The van der Waals surface area contributed by atoms with Gasteiger partial charge in [0, 0.05) is 18.9 Å². The van der Waals surface area contributed by atoms with E-state index in [0.717, 1.165) is 6.42 Å². The summed E-state index contributed by atoms with van der Waals surface area (Å²) in [5, 5.41) is 0. The van der Waals surface area contributed by atoms with E-state index in [1.54, 1.807) is 0 Å². The summed E-state index contributed by atoms with van der Waals surface area (Å²) in [5.41, 5.74) is 5.30. The third-order valence-electron chi connectivity index (χ3n) is 1.92. The average Bonchev–Trinajstić information content (AvgIpc) is 1.94. The number of halogens is 1. The Kier molecular flexibility index (Phi) is 3.09. The van der Waals surface area contributed by atoms with Crippen molar-refractivity contribution >= 4 is 0 Å². The molecule has 0 saturated carbocycles. The van der Waals surface area contributed by atoms with E-state index in [-0.39, 0.29) is 5.92 Å². The number of nitrogens with two attached hydrogens (primary N) is 1. The van der Waals surface area contributed by atoms with Crippen LogP contribution in [0, 0.1) is 5.92 Å². The van der Waals surface area contributed by atoms with E-state index in [4.69, 9.17) is 10.5 Å². The van der Waals surface area contributed by atoms with E-state index >= 15 is 0 Å². The first-order valence-corrected chi connectivity index (χ1v) is 3.76. The second kappa shape index (κ2) is 3.88. The van der Waals surface area contributed by atoms with E-state index in [1.807, 2.05) is 0 Å². The second-order valence-electron chi connectivity index (χ2n) is 2.72. The van der Waals surface area contributed by atoms with Crippen LogP contribution in [0.1, 0.15) is 12.8 Å². The van der Waals surface area contributed by atoms with Crippen molar-refractivity contribution in [2.45, 2.75) is 19.0 Å². The lowest BCUT2D eigenvalue weighted by Gasteiger charge is -2.25. The molecule has 1 heterocycles. The summed E-state index contributed by atoms with van der Waals surface area (Å²) in [4.78, 5) is 0. The fourth-order valence-corrected chi connectivity index (χ4v) is 1.25. The first kappa shape index (κ1) is 7.95. The molecule has 1 saturated heterocycles. The van der Waals surface area contributed by atoms with Crippen molar-refractivity contribution in [1.29, 1.82) is 0 Å². The Hall–Kier alpha value is -0.150. The highest BCUT2D eigenvalue weighted by Gasteiger charge is 2.24. The highest BCUT2D eigenvalue weighted by molar-refractivity contribution is 4.72. The molecule has 60 valence electrons. The van der Waals surface area contributed by atoms with E-state index in [1.165, 1.54) is 0 Å². The summed E-state index contributed by atoms with van der Waals surface area (Å²) < 4.78 is 18.0. The topological polar surface area (TPSA) is 35.2 Å². The first-order chi connectivity index (χ1) is 4.84. The van der Waals surface area contributed by atoms with Crippen molar-refractivity contribution in [2.24, 2.45) is 11.7 Å². The molecule has 1 aliphatic rings. The van der Waals surface area contributed by atoms with Crippen molar-refractivity contribution < 1.29 is 9.13 Å². The maximum Gasteiger partial charge on any atom is 0.107 e. The highest BCUT2D eigenvalue weighted by atomic mass is 19.1. The Bertz CT molecular complexity index is 97.6. The van der Waals surface area contributed by atoms with Gasteiger partial charge in [-0.25, -0.2) is 4.39 Å². The van der Waals surface area contributed by atoms with E-state index < -0.39 is 6.17 Å². The molecule has 0 bridgehead atoms. The Labute approximate surface area is 60.5 Å². The van der Waals surface area contributed by atoms with Crippen molar-refractivity contribution in [1.82, 2.24) is 0 Å². The third-order valence-corrected chi connectivity index (χ3v) is 1.92. The first-order valence-electron chi connectivity index (χ1n) is 3.76. The summed E-state index contributed by atoms with van der Waals surface area (Å²) in [7, 11) is 0. The predicted molar refractivity (Wildman–Crippen MR) is 37.5 cm³/mol. The maximum absolute atomic E-state index is 12.9. The van der Waals surface area contributed by atoms with Crippen molar-refractivity contribution in [2.75, 3.05) is 19.8 Å². The van der Waals surface area contributed by atoms with Crippen LogP contribution in [0.25, 0.3) is 0 Å². The largest absolute Gasteiger partial charge is 0.381 e. The quantitative estimate of drug-likeness (QED) is 0.624. The molecule has 3 heteroatoms. The van der Waals surface area contributed by atoms with Crippen molar-refractivity contribution in [3.05, 3.63) is 0 Å². The van der Waals surface area contributed by atoms with Crippen LogP contribution in [0.4, 0.5) is 4.39 Å². The lowest BCUT2D eigenvalue weighted by molar-refractivity contribution is -0.000295. The van der Waals surface area contributed by atoms with Crippen LogP contribution >= 0.6 is 0 Å². The normalized spacial score (nSPS) is 34.2. The van der Waals surface area contributed by atoms with Gasteiger partial charge in [0.2, 0.25) is 0 Å². The lowest BCUT2D eigenvalue weighted by Crippen LogP contribution is -2.30. The summed E-state index contributed by atoms with van der Waals surface area (Å²) in [5.74, 6) is 0.0544. The van der Waals surface area contributed by atoms with E-state index in [2.05, 4.69) is 0 Å². The van der Waals surface area contributed by atoms with Gasteiger partial charge in [-0.15, -0.1) is 0 Å². The molecular weight excluding hydrogens is 133 g/mol. The van der Waals surface area contributed by atoms with Gasteiger partial charge >= 0.3 is 0 Å². The zero-order valence-corrected chi connectivity index (χ0v) is 6.05. The van der Waals surface area contributed by atoms with Gasteiger partial charge in [-0.05, 0) is 13.0 Å². The Morgan fingerprint density at radius 3 is 3.00 bits per heavy atom. The van der Waals surface area contributed by atoms with Crippen LogP contribution in [0.5, 0.6) is 0 Å². The fraction of sp³-hybridized carbons (Fsp3) is 1.00. The van der Waals surface area contributed by atoms with Crippen LogP contribution in [-0.2, 0) is 4.74 Å². The minimum Gasteiger partial charge on any atom is -0.381 e. The second-order valence-corrected chi connectivity index (χ2v) is 2.72. The molecule has 2 nitrogen and oxygen atoms in total. The van der Waals surface area contributed by atoms with Gasteiger partial charge in [0.25, 0.3) is 0 Å². The van der Waals surface area contributed by atoms with E-state index in [9.17, 15) is 4.39 Å². The standard InChI is InChI=1S/C7H14FNO/c8-7-2-4-10-5-6(7)1-3-9/h6-7H,1-5,9H2. The average molecular weight is 147 g/mol. The van der Waals surface area contributed by atoms with Gasteiger partial charge < -0.3 is 10.5 Å². The molecular formula is C7H14FNO. The van der Waals surface area contributed by atoms with Crippen LogP contribution in [0.15, 0.2) is 0 Å². The molecule has 0 aromatic carbocycles. The van der Waals surface area contributed by atoms with Crippen molar-refractivity contribution in [3.8, 4) is 0 Å². The van der Waals surface area contributed by atoms with Gasteiger partial charge in [0.1, 0.15) is 6.17 Å². The number of hydrogen-bond acceptors (Lipinski definition) is 2. The lowest BCUT2D eigenvalue weighted by atomic mass is 9.97. The molecule has 2 N–H and O–H groups in total. The van der Waals surface area contributed by atoms with Crippen LogP contribution in [0.2, 0.25) is 0 Å². The zero-order chi connectivity index (χ0) is 7.40. The number of alkyl halides is 1. The van der Waals surface area contributed by atoms with Gasteiger partial charge in [0.05, 0.1) is 6.61 Å². The van der Waals surface area contributed by atoms with Gasteiger partial charge in [0.15, 0.2) is 0 Å². The number of rotatable bonds is 2. The molecule has 2 atom stereocenters. The van der Waals surface area contributed by atoms with Crippen LogP contribution < -0.4 is 5.73 Å². The Morgan fingerprint density at radius 2 is 2.40 bits per heavy atom. The summed E-state index contributed by atoms with van der Waals surface area (Å²) in [6.45, 7) is 1.69. The molecule has 1 fully saturated rings. The SMILES string of the molecule is NCCC1COCCC1F. The maximum atomic E-state index is 12.9. The monoisotopic (exact) mass is 147 g/mol. The third kappa shape index (κ3) is 1.92. The van der Waals surface area contributed by atoms with Gasteiger partial charge in [-0.2, -0.15) is 0 Å². The molecule has 10 heavy (non-hydrogen) atoms. The molecule has 0 aromatic heterocycles. The molecule has 0 aliphatic carbocycles. The smallest absolute Gasteiger partial charge is 0.107 e. The zero-order valence-electron chi connectivity index (χ0n) is 6.05. The van der Waals surface area contributed by atoms with Crippen LogP contribution in [-0.4, -0.2) is 25.9 Å². The van der Waals surface area contributed by atoms with Gasteiger partial charge in [-0.1, -0.05) is 0 Å². The minimum absolute atomic E-state index is 0.0544. The number of ether oxygens (including phenoxy) is 1. The molecule has 0 aromatic rings. The minimum atomic E-state index is -0.683. The van der Waals surface area contributed by atoms with Crippen molar-refractivity contribution in [3.63, 3.8) is 0 Å². The summed E-state index contributed by atoms with van der Waals surface area (Å²) in [6.07, 6.45) is 0.614. The van der Waals surface area contributed by atoms with E-state index in [0.29, 0.717) is 26.2 Å². The molecule has 1 rings (SSSR count). The molecule has 0 spiro atoms. The Morgan fingerprint density at radius 1 is 1.60 bits per heavy atom. The number of hydrogen-bond donors (Lipinski definition) is 1. The Balaban J connectivity index is 2.25. The predicted octanol–water partition coefficient (Wildman–Crippen LogP) is 0.710. The molecule has 2 unspecified atom stereocenters. The molecule has 1 aliphatic heterocycles. The van der Waals surface area contributed by atoms with Crippen LogP contribution in [0.3, 0.4) is 0 Å². The highest BCUT2D eigenvalue weighted by Crippen LogP contribution is 2.20. The fourth-order valence-electron chi connectivity index (χ4n) is 1.25.